The van der Waals surface area contributed by atoms with Crippen LogP contribution in [0.15, 0.2) is 53.0 Å². The average Bonchev–Trinajstić information content (AvgIpc) is 3.56. The van der Waals surface area contributed by atoms with Crippen LogP contribution in [-0.4, -0.2) is 50.8 Å². The van der Waals surface area contributed by atoms with Gasteiger partial charge in [0.05, 0.1) is 26.4 Å². The van der Waals surface area contributed by atoms with Crippen LogP contribution < -0.4 is 10.1 Å². The van der Waals surface area contributed by atoms with E-state index in [9.17, 15) is 4.79 Å². The number of hydrogen-bond donors (Lipinski definition) is 1. The molecule has 2 aromatic rings. The Morgan fingerprint density at radius 2 is 1.86 bits per heavy atom. The molecule has 0 spiro atoms. The summed E-state index contributed by atoms with van der Waals surface area (Å²) in [7, 11) is 1.67. The highest BCUT2D eigenvalue weighted by atomic mass is 79.9. The maximum absolute atomic E-state index is 12.8. The summed E-state index contributed by atoms with van der Waals surface area (Å²) in [4.78, 5) is 15.2. The highest BCUT2D eigenvalue weighted by Crippen LogP contribution is 2.47. The smallest absolute Gasteiger partial charge is 0.223 e. The van der Waals surface area contributed by atoms with E-state index in [2.05, 4.69) is 50.4 Å². The van der Waals surface area contributed by atoms with Crippen LogP contribution in [0, 0.1) is 5.92 Å². The van der Waals surface area contributed by atoms with Gasteiger partial charge in [0.15, 0.2) is 0 Å². The molecule has 29 heavy (non-hydrogen) atoms. The number of morpholine rings is 1. The lowest BCUT2D eigenvalue weighted by Crippen LogP contribution is -2.44. The summed E-state index contributed by atoms with van der Waals surface area (Å²) in [5.74, 6) is 1.42. The molecule has 0 aromatic heterocycles. The number of halogens is 1. The molecule has 1 amide bonds. The number of nitrogens with zero attached hydrogens (tertiary/aromatic N) is 1. The molecule has 4 rings (SSSR count). The minimum absolute atomic E-state index is 0.0809. The second-order valence-electron chi connectivity index (χ2n) is 7.68. The number of amides is 1. The molecule has 0 radical (unpaired) electrons. The Hall–Kier alpha value is -1.89. The first-order valence-corrected chi connectivity index (χ1v) is 10.9. The largest absolute Gasteiger partial charge is 0.497 e. The van der Waals surface area contributed by atoms with Gasteiger partial charge in [-0.2, -0.15) is 0 Å². The van der Waals surface area contributed by atoms with E-state index >= 15 is 0 Å². The van der Waals surface area contributed by atoms with Crippen LogP contribution in [0.4, 0.5) is 0 Å². The molecule has 1 aliphatic heterocycles. The van der Waals surface area contributed by atoms with Crippen LogP contribution in [0.2, 0.25) is 0 Å². The van der Waals surface area contributed by atoms with E-state index in [4.69, 9.17) is 9.47 Å². The normalized spacial score (nSPS) is 22.7. The van der Waals surface area contributed by atoms with E-state index in [-0.39, 0.29) is 17.9 Å². The van der Waals surface area contributed by atoms with E-state index in [0.717, 1.165) is 42.9 Å². The van der Waals surface area contributed by atoms with Crippen LogP contribution >= 0.6 is 15.9 Å². The summed E-state index contributed by atoms with van der Waals surface area (Å²) in [6, 6.07) is 16.6. The molecule has 1 aliphatic carbocycles. The molecule has 1 heterocycles. The van der Waals surface area contributed by atoms with Gasteiger partial charge in [0, 0.05) is 30.0 Å². The minimum Gasteiger partial charge on any atom is -0.497 e. The fraction of sp³-hybridized carbons (Fsp3) is 0.435. The van der Waals surface area contributed by atoms with Gasteiger partial charge in [0.25, 0.3) is 0 Å². The Bertz CT molecular complexity index is 819. The quantitative estimate of drug-likeness (QED) is 0.686. The average molecular weight is 459 g/mol. The molecule has 154 valence electrons. The van der Waals surface area contributed by atoms with Crippen LogP contribution in [0.3, 0.4) is 0 Å². The molecule has 5 nitrogen and oxygen atoms in total. The zero-order chi connectivity index (χ0) is 20.2. The van der Waals surface area contributed by atoms with Gasteiger partial charge in [-0.25, -0.2) is 0 Å². The van der Waals surface area contributed by atoms with Gasteiger partial charge < -0.3 is 14.8 Å². The summed E-state index contributed by atoms with van der Waals surface area (Å²) in [6.45, 7) is 3.81. The SMILES string of the molecule is COc1ccc(C(CNC(=O)C2CC2c2ccc(Br)cc2)N2CCOCC2)cc1. The summed E-state index contributed by atoms with van der Waals surface area (Å²) in [6.07, 6.45) is 0.929. The van der Waals surface area contributed by atoms with Gasteiger partial charge in [-0.3, -0.25) is 9.69 Å². The number of rotatable bonds is 7. The lowest BCUT2D eigenvalue weighted by Gasteiger charge is -2.35. The minimum atomic E-state index is 0.0809. The molecule has 2 aliphatic rings. The standard InChI is InChI=1S/C23H27BrN2O3/c1-28-19-8-4-17(5-9-19)22(26-10-12-29-13-11-26)15-25-23(27)21-14-20(21)16-2-6-18(24)7-3-16/h2-9,20-22H,10-15H2,1H3,(H,25,27). The Morgan fingerprint density at radius 3 is 2.52 bits per heavy atom. The van der Waals surface area contributed by atoms with Gasteiger partial charge in [-0.05, 0) is 47.7 Å². The van der Waals surface area contributed by atoms with Crippen molar-refractivity contribution in [2.45, 2.75) is 18.4 Å². The second-order valence-corrected chi connectivity index (χ2v) is 8.60. The molecule has 6 heteroatoms. The molecule has 3 atom stereocenters. The number of methoxy groups -OCH3 is 1. The number of benzene rings is 2. The van der Waals surface area contributed by atoms with Crippen LogP contribution in [0.1, 0.15) is 29.5 Å². The number of carbonyl (C=O) groups is 1. The predicted molar refractivity (Wildman–Crippen MR) is 116 cm³/mol. The lowest BCUT2D eigenvalue weighted by atomic mass is 10.0. The van der Waals surface area contributed by atoms with Crippen molar-refractivity contribution in [3.63, 3.8) is 0 Å². The van der Waals surface area contributed by atoms with Gasteiger partial charge in [-0.1, -0.05) is 40.2 Å². The fourth-order valence-electron chi connectivity index (χ4n) is 4.06. The summed E-state index contributed by atoms with van der Waals surface area (Å²) >= 11 is 3.47. The van der Waals surface area contributed by atoms with E-state index in [1.165, 1.54) is 11.1 Å². The van der Waals surface area contributed by atoms with E-state index in [1.54, 1.807) is 7.11 Å². The Morgan fingerprint density at radius 1 is 1.17 bits per heavy atom. The molecular formula is C23H27BrN2O3. The summed E-state index contributed by atoms with van der Waals surface area (Å²) in [5, 5.41) is 3.22. The zero-order valence-electron chi connectivity index (χ0n) is 16.6. The number of hydrogen-bond acceptors (Lipinski definition) is 4. The maximum atomic E-state index is 12.8. The molecule has 3 unspecified atom stereocenters. The third-order valence-electron chi connectivity index (χ3n) is 5.88. The third kappa shape index (κ3) is 5.00. The maximum Gasteiger partial charge on any atom is 0.223 e. The van der Waals surface area contributed by atoms with Gasteiger partial charge in [0.2, 0.25) is 5.91 Å². The Balaban J connectivity index is 1.39. The number of carbonyl (C=O) groups excluding carboxylic acids is 1. The van der Waals surface area contributed by atoms with Crippen molar-refractivity contribution in [3.8, 4) is 5.75 Å². The van der Waals surface area contributed by atoms with Gasteiger partial charge >= 0.3 is 0 Å². The topological polar surface area (TPSA) is 50.8 Å². The molecule has 1 saturated heterocycles. The zero-order valence-corrected chi connectivity index (χ0v) is 18.2. The van der Waals surface area contributed by atoms with E-state index < -0.39 is 0 Å². The van der Waals surface area contributed by atoms with Crippen LogP contribution in [0.25, 0.3) is 0 Å². The second kappa shape index (κ2) is 9.28. The molecule has 1 N–H and O–H groups in total. The fourth-order valence-corrected chi connectivity index (χ4v) is 4.33. The summed E-state index contributed by atoms with van der Waals surface area (Å²) in [5.41, 5.74) is 2.43. The van der Waals surface area contributed by atoms with Crippen molar-refractivity contribution >= 4 is 21.8 Å². The van der Waals surface area contributed by atoms with Crippen molar-refractivity contribution in [1.82, 2.24) is 10.2 Å². The Kier molecular flexibility index (Phi) is 6.53. The molecule has 1 saturated carbocycles. The molecule has 2 aromatic carbocycles. The van der Waals surface area contributed by atoms with Crippen LogP contribution in [-0.2, 0) is 9.53 Å². The van der Waals surface area contributed by atoms with Crippen LogP contribution in [0.5, 0.6) is 5.75 Å². The van der Waals surface area contributed by atoms with Gasteiger partial charge in [-0.15, -0.1) is 0 Å². The first-order chi connectivity index (χ1) is 14.2. The first kappa shape index (κ1) is 20.4. The number of ether oxygens (including phenoxy) is 2. The molecular weight excluding hydrogens is 432 g/mol. The van der Waals surface area contributed by atoms with Crippen molar-refractivity contribution in [2.24, 2.45) is 5.92 Å². The van der Waals surface area contributed by atoms with Gasteiger partial charge in [0.1, 0.15) is 5.75 Å². The summed E-state index contributed by atoms with van der Waals surface area (Å²) < 4.78 is 11.9. The highest BCUT2D eigenvalue weighted by molar-refractivity contribution is 9.10. The monoisotopic (exact) mass is 458 g/mol. The first-order valence-electron chi connectivity index (χ1n) is 10.1. The van der Waals surface area contributed by atoms with Crippen molar-refractivity contribution in [1.29, 1.82) is 0 Å². The van der Waals surface area contributed by atoms with E-state index in [1.807, 2.05) is 24.3 Å². The van der Waals surface area contributed by atoms with Crippen molar-refractivity contribution < 1.29 is 14.3 Å². The van der Waals surface area contributed by atoms with E-state index in [0.29, 0.717) is 12.5 Å². The lowest BCUT2D eigenvalue weighted by molar-refractivity contribution is -0.122. The van der Waals surface area contributed by atoms with Crippen molar-refractivity contribution in [2.75, 3.05) is 40.0 Å². The Labute approximate surface area is 180 Å². The third-order valence-corrected chi connectivity index (χ3v) is 6.41. The molecule has 0 bridgehead atoms. The highest BCUT2D eigenvalue weighted by Gasteiger charge is 2.44. The molecule has 2 fully saturated rings. The predicted octanol–water partition coefficient (Wildman–Crippen LogP) is 3.75. The number of nitrogens with one attached hydrogen (secondary N) is 1. The van der Waals surface area contributed by atoms with Crippen molar-refractivity contribution in [3.05, 3.63) is 64.1 Å².